The fourth-order valence-electron chi connectivity index (χ4n) is 3.17. The highest BCUT2D eigenvalue weighted by Gasteiger charge is 2.43. The van der Waals surface area contributed by atoms with Gasteiger partial charge in [-0.05, 0) is 24.7 Å². The molecule has 0 spiro atoms. The third-order valence-corrected chi connectivity index (χ3v) is 4.39. The summed E-state index contributed by atoms with van der Waals surface area (Å²) in [6.07, 6.45) is 8.72. The van der Waals surface area contributed by atoms with Gasteiger partial charge in [0.15, 0.2) is 0 Å². The lowest BCUT2D eigenvalue weighted by atomic mass is 9.85. The minimum absolute atomic E-state index is 0.0622. The number of nitrogens with one attached hydrogen (secondary N) is 3. The number of carbonyl (C=O) groups is 2. The fraction of sp³-hybridized carbons (Fsp3) is 0.867. The van der Waals surface area contributed by atoms with E-state index in [9.17, 15) is 9.59 Å². The maximum absolute atomic E-state index is 11.7. The van der Waals surface area contributed by atoms with E-state index in [1.165, 1.54) is 32.1 Å². The molecule has 2 atom stereocenters. The molecular weight excluding hydrogens is 254 g/mol. The van der Waals surface area contributed by atoms with Crippen molar-refractivity contribution in [2.24, 2.45) is 11.8 Å². The second kappa shape index (κ2) is 7.50. The third kappa shape index (κ3) is 4.69. The van der Waals surface area contributed by atoms with Gasteiger partial charge in [-0.1, -0.05) is 39.0 Å². The summed E-state index contributed by atoms with van der Waals surface area (Å²) in [6.45, 7) is 2.72. The first kappa shape index (κ1) is 15.1. The van der Waals surface area contributed by atoms with E-state index in [1.54, 1.807) is 0 Å². The van der Waals surface area contributed by atoms with Crippen molar-refractivity contribution in [3.8, 4) is 0 Å². The van der Waals surface area contributed by atoms with Gasteiger partial charge in [-0.2, -0.15) is 0 Å². The van der Waals surface area contributed by atoms with Crippen LogP contribution in [0.25, 0.3) is 0 Å². The molecule has 3 amide bonds. The topological polar surface area (TPSA) is 70.2 Å². The van der Waals surface area contributed by atoms with E-state index in [2.05, 4.69) is 16.0 Å². The van der Waals surface area contributed by atoms with Crippen LogP contribution in [0.2, 0.25) is 0 Å². The van der Waals surface area contributed by atoms with E-state index < -0.39 is 0 Å². The van der Waals surface area contributed by atoms with Crippen LogP contribution in [-0.2, 0) is 4.79 Å². The molecule has 0 aromatic carbocycles. The van der Waals surface area contributed by atoms with Gasteiger partial charge in [0.25, 0.3) is 0 Å². The van der Waals surface area contributed by atoms with Gasteiger partial charge in [0.05, 0.1) is 6.54 Å². The molecule has 2 saturated carbocycles. The summed E-state index contributed by atoms with van der Waals surface area (Å²) < 4.78 is 0. The van der Waals surface area contributed by atoms with Crippen molar-refractivity contribution >= 4 is 11.9 Å². The molecule has 0 aromatic heterocycles. The molecule has 3 N–H and O–H groups in total. The normalized spacial score (nSPS) is 25.9. The summed E-state index contributed by atoms with van der Waals surface area (Å²) in [5.74, 6) is 1.36. The van der Waals surface area contributed by atoms with Crippen LogP contribution in [-0.4, -0.2) is 31.1 Å². The Bertz CT molecular complexity index is 340. The number of rotatable bonds is 6. The minimum atomic E-state index is -0.208. The molecule has 0 heterocycles. The van der Waals surface area contributed by atoms with E-state index in [0.29, 0.717) is 18.5 Å². The quantitative estimate of drug-likeness (QED) is 0.694. The number of hydrogen-bond donors (Lipinski definition) is 3. The molecule has 5 nitrogen and oxygen atoms in total. The number of amides is 3. The fourth-order valence-corrected chi connectivity index (χ4v) is 3.17. The molecule has 0 aliphatic heterocycles. The van der Waals surface area contributed by atoms with E-state index in [1.807, 2.05) is 6.92 Å². The van der Waals surface area contributed by atoms with E-state index in [0.717, 1.165) is 18.8 Å². The zero-order valence-electron chi connectivity index (χ0n) is 12.4. The second-order valence-electron chi connectivity index (χ2n) is 6.08. The largest absolute Gasteiger partial charge is 0.355 e. The Morgan fingerprint density at radius 2 is 1.85 bits per heavy atom. The smallest absolute Gasteiger partial charge is 0.315 e. The molecular formula is C15H27N3O2. The highest BCUT2D eigenvalue weighted by Crippen LogP contribution is 2.44. The summed E-state index contributed by atoms with van der Waals surface area (Å²) in [6, 6.07) is 0.122. The molecule has 5 heteroatoms. The second-order valence-corrected chi connectivity index (χ2v) is 6.08. The van der Waals surface area contributed by atoms with Crippen LogP contribution >= 0.6 is 0 Å². The Balaban J connectivity index is 1.58. The monoisotopic (exact) mass is 281 g/mol. The molecule has 0 aromatic rings. The standard InChI is InChI=1S/C15H27N3O2/c1-2-8-16-14(19)10-17-15(20)18-13-9-12(13)11-6-4-3-5-7-11/h11-13H,2-10H2,1H3,(H,16,19)(H2,17,18,20). The average Bonchev–Trinajstić information content (AvgIpc) is 3.23. The zero-order chi connectivity index (χ0) is 14.4. The van der Waals surface area contributed by atoms with Crippen LogP contribution < -0.4 is 16.0 Å². The van der Waals surface area contributed by atoms with Crippen LogP contribution in [0, 0.1) is 11.8 Å². The van der Waals surface area contributed by atoms with Gasteiger partial charge >= 0.3 is 6.03 Å². The van der Waals surface area contributed by atoms with E-state index >= 15 is 0 Å². The predicted molar refractivity (Wildman–Crippen MR) is 78.3 cm³/mol. The Morgan fingerprint density at radius 1 is 1.10 bits per heavy atom. The molecule has 2 rings (SSSR count). The van der Waals surface area contributed by atoms with Gasteiger partial charge in [0, 0.05) is 12.6 Å². The molecule has 114 valence electrons. The summed E-state index contributed by atoms with van der Waals surface area (Å²) in [7, 11) is 0. The Morgan fingerprint density at radius 3 is 2.55 bits per heavy atom. The van der Waals surface area contributed by atoms with Crippen molar-refractivity contribution < 1.29 is 9.59 Å². The Labute approximate surface area is 121 Å². The van der Waals surface area contributed by atoms with Gasteiger partial charge in [-0.3, -0.25) is 4.79 Å². The molecule has 2 aliphatic rings. The molecule has 2 unspecified atom stereocenters. The van der Waals surface area contributed by atoms with E-state index in [4.69, 9.17) is 0 Å². The number of hydrogen-bond acceptors (Lipinski definition) is 2. The molecule has 2 aliphatic carbocycles. The molecule has 20 heavy (non-hydrogen) atoms. The molecule has 0 radical (unpaired) electrons. The van der Waals surface area contributed by atoms with E-state index in [-0.39, 0.29) is 18.5 Å². The average molecular weight is 281 g/mol. The van der Waals surface area contributed by atoms with Gasteiger partial charge in [0.1, 0.15) is 0 Å². The van der Waals surface area contributed by atoms with Crippen LogP contribution in [0.1, 0.15) is 51.9 Å². The predicted octanol–water partition coefficient (Wildman–Crippen LogP) is 1.78. The van der Waals surface area contributed by atoms with Crippen molar-refractivity contribution in [2.45, 2.75) is 57.9 Å². The molecule has 0 saturated heterocycles. The van der Waals surface area contributed by atoms with Gasteiger partial charge in [-0.15, -0.1) is 0 Å². The highest BCUT2D eigenvalue weighted by molar-refractivity contribution is 5.84. The van der Waals surface area contributed by atoms with Crippen molar-refractivity contribution in [1.82, 2.24) is 16.0 Å². The van der Waals surface area contributed by atoms with Crippen molar-refractivity contribution in [3.05, 3.63) is 0 Å². The summed E-state index contributed by atoms with van der Waals surface area (Å²) in [4.78, 5) is 23.1. The summed E-state index contributed by atoms with van der Waals surface area (Å²) >= 11 is 0. The molecule has 0 bridgehead atoms. The Kier molecular flexibility index (Phi) is 5.68. The first-order valence-corrected chi connectivity index (χ1v) is 8.01. The maximum atomic E-state index is 11.7. The summed E-state index contributed by atoms with van der Waals surface area (Å²) in [5.41, 5.74) is 0. The van der Waals surface area contributed by atoms with Gasteiger partial charge < -0.3 is 16.0 Å². The zero-order valence-corrected chi connectivity index (χ0v) is 12.4. The lowest BCUT2D eigenvalue weighted by molar-refractivity contribution is -0.120. The molecule has 2 fully saturated rings. The summed E-state index contributed by atoms with van der Waals surface area (Å²) in [5, 5.41) is 8.34. The Hall–Kier alpha value is -1.26. The van der Waals surface area contributed by atoms with Crippen LogP contribution in [0.15, 0.2) is 0 Å². The SMILES string of the molecule is CCCNC(=O)CNC(=O)NC1CC1C1CCCCC1. The van der Waals surface area contributed by atoms with Crippen LogP contribution in [0.4, 0.5) is 4.79 Å². The maximum Gasteiger partial charge on any atom is 0.315 e. The van der Waals surface area contributed by atoms with Gasteiger partial charge in [-0.25, -0.2) is 4.79 Å². The third-order valence-electron chi connectivity index (χ3n) is 4.39. The van der Waals surface area contributed by atoms with Crippen LogP contribution in [0.5, 0.6) is 0 Å². The minimum Gasteiger partial charge on any atom is -0.355 e. The van der Waals surface area contributed by atoms with Crippen molar-refractivity contribution in [3.63, 3.8) is 0 Å². The highest BCUT2D eigenvalue weighted by atomic mass is 16.2. The van der Waals surface area contributed by atoms with Gasteiger partial charge in [0.2, 0.25) is 5.91 Å². The van der Waals surface area contributed by atoms with Crippen LogP contribution in [0.3, 0.4) is 0 Å². The van der Waals surface area contributed by atoms with Crippen molar-refractivity contribution in [2.75, 3.05) is 13.1 Å². The first-order chi connectivity index (χ1) is 9.70. The number of carbonyl (C=O) groups excluding carboxylic acids is 2. The lowest BCUT2D eigenvalue weighted by Crippen LogP contribution is -2.43. The number of urea groups is 1. The first-order valence-electron chi connectivity index (χ1n) is 8.01. The van der Waals surface area contributed by atoms with Crippen molar-refractivity contribution in [1.29, 1.82) is 0 Å². The lowest BCUT2D eigenvalue weighted by Gasteiger charge is -2.21.